The quantitative estimate of drug-likeness (QED) is 0.342. The Balaban J connectivity index is 1.66. The van der Waals surface area contributed by atoms with E-state index in [1.54, 1.807) is 0 Å². The van der Waals surface area contributed by atoms with Crippen molar-refractivity contribution in [1.82, 2.24) is 15.0 Å². The maximum absolute atomic E-state index is 13.0. The van der Waals surface area contributed by atoms with E-state index in [1.807, 2.05) is 94.4 Å². The Hall–Kier alpha value is -3.99. The molecule has 0 aliphatic rings. The molecule has 0 aliphatic carbocycles. The zero-order valence-electron chi connectivity index (χ0n) is 19.9. The van der Waals surface area contributed by atoms with Gasteiger partial charge in [-0.1, -0.05) is 54.6 Å². The lowest BCUT2D eigenvalue weighted by molar-refractivity contribution is 0.0985. The summed E-state index contributed by atoms with van der Waals surface area (Å²) in [4.78, 5) is 39.6. The second-order valence-electron chi connectivity index (χ2n) is 8.66. The Labute approximate surface area is 200 Å². The molecule has 0 spiro atoms. The van der Waals surface area contributed by atoms with Crippen LogP contribution in [0.5, 0.6) is 0 Å². The molecule has 0 aliphatic heterocycles. The van der Waals surface area contributed by atoms with E-state index >= 15 is 0 Å². The molecular weight excluding hydrogens is 422 g/mol. The zero-order valence-corrected chi connectivity index (χ0v) is 19.9. The SMILES string of the molecule is Cc1ccc(C(=O)Cc2nc(CC(=O)c3ccc(C)c(C)c3)nc(-c3ccccc3)n2)cc1C. The Morgan fingerprint density at radius 2 is 1.06 bits per heavy atom. The summed E-state index contributed by atoms with van der Waals surface area (Å²) in [6.07, 6.45) is 0.0748. The summed E-state index contributed by atoms with van der Waals surface area (Å²) in [5, 5.41) is 0. The van der Waals surface area contributed by atoms with Crippen LogP contribution in [0.25, 0.3) is 11.4 Å². The van der Waals surface area contributed by atoms with E-state index in [0.29, 0.717) is 28.6 Å². The number of Topliss-reactive ketones (excluding diaryl/α,β-unsaturated/α-hetero) is 2. The standard InChI is InChI=1S/C29H27N3O2/c1-18-10-12-23(14-20(18)3)25(33)16-27-30-28(32-29(31-27)22-8-6-5-7-9-22)17-26(34)24-13-11-19(2)21(4)15-24/h5-15H,16-17H2,1-4H3. The van der Waals surface area contributed by atoms with Gasteiger partial charge >= 0.3 is 0 Å². The van der Waals surface area contributed by atoms with Crippen LogP contribution in [0.3, 0.4) is 0 Å². The Bertz CT molecular complexity index is 1290. The van der Waals surface area contributed by atoms with E-state index in [0.717, 1.165) is 27.8 Å². The Kier molecular flexibility index (Phi) is 6.73. The fourth-order valence-corrected chi connectivity index (χ4v) is 3.66. The summed E-state index contributed by atoms with van der Waals surface area (Å²) in [6.45, 7) is 8.00. The first-order valence-corrected chi connectivity index (χ1v) is 11.3. The van der Waals surface area contributed by atoms with Gasteiger partial charge in [0.15, 0.2) is 17.4 Å². The highest BCUT2D eigenvalue weighted by Crippen LogP contribution is 2.18. The minimum Gasteiger partial charge on any atom is -0.294 e. The molecule has 0 N–H and O–H groups in total. The molecule has 0 amide bonds. The average molecular weight is 450 g/mol. The minimum absolute atomic E-state index is 0.0374. The van der Waals surface area contributed by atoms with Gasteiger partial charge in [0.2, 0.25) is 0 Å². The topological polar surface area (TPSA) is 72.8 Å². The van der Waals surface area contributed by atoms with Crippen molar-refractivity contribution in [3.63, 3.8) is 0 Å². The summed E-state index contributed by atoms with van der Waals surface area (Å²) in [6, 6.07) is 20.8. The third-order valence-corrected chi connectivity index (χ3v) is 6.06. The first-order chi connectivity index (χ1) is 16.3. The molecule has 3 aromatic carbocycles. The number of carbonyl (C=O) groups excluding carboxylic acids is 2. The van der Waals surface area contributed by atoms with Crippen molar-refractivity contribution in [3.05, 3.63) is 112 Å². The number of benzene rings is 3. The van der Waals surface area contributed by atoms with Gasteiger partial charge in [-0.3, -0.25) is 9.59 Å². The first-order valence-electron chi connectivity index (χ1n) is 11.3. The maximum Gasteiger partial charge on any atom is 0.170 e. The second kappa shape index (κ2) is 9.87. The number of carbonyl (C=O) groups is 2. The van der Waals surface area contributed by atoms with Gasteiger partial charge in [0.25, 0.3) is 0 Å². The van der Waals surface area contributed by atoms with Crippen LogP contribution in [0.2, 0.25) is 0 Å². The highest BCUT2D eigenvalue weighted by Gasteiger charge is 2.17. The molecule has 0 saturated heterocycles. The van der Waals surface area contributed by atoms with E-state index in [4.69, 9.17) is 0 Å². The monoisotopic (exact) mass is 449 g/mol. The largest absolute Gasteiger partial charge is 0.294 e. The van der Waals surface area contributed by atoms with Crippen LogP contribution >= 0.6 is 0 Å². The van der Waals surface area contributed by atoms with Gasteiger partial charge < -0.3 is 0 Å². The fraction of sp³-hybridized carbons (Fsp3) is 0.207. The number of ketones is 2. The molecule has 0 unspecified atom stereocenters. The summed E-state index contributed by atoms with van der Waals surface area (Å²) >= 11 is 0. The third-order valence-electron chi connectivity index (χ3n) is 6.06. The fourth-order valence-electron chi connectivity index (χ4n) is 3.66. The molecular formula is C29H27N3O2. The molecule has 0 atom stereocenters. The van der Waals surface area contributed by atoms with Crippen molar-refractivity contribution >= 4 is 11.6 Å². The van der Waals surface area contributed by atoms with Crippen molar-refractivity contribution in [2.45, 2.75) is 40.5 Å². The number of nitrogens with zero attached hydrogens (tertiary/aromatic N) is 3. The van der Waals surface area contributed by atoms with Gasteiger partial charge in [-0.15, -0.1) is 0 Å². The van der Waals surface area contributed by atoms with Gasteiger partial charge in [-0.2, -0.15) is 0 Å². The van der Waals surface area contributed by atoms with Gasteiger partial charge in [-0.05, 0) is 62.1 Å². The van der Waals surface area contributed by atoms with E-state index in [2.05, 4.69) is 15.0 Å². The molecule has 0 bridgehead atoms. The van der Waals surface area contributed by atoms with Crippen molar-refractivity contribution in [1.29, 1.82) is 0 Å². The highest BCUT2D eigenvalue weighted by atomic mass is 16.1. The molecule has 0 fully saturated rings. The van der Waals surface area contributed by atoms with Crippen molar-refractivity contribution in [2.24, 2.45) is 0 Å². The lowest BCUT2D eigenvalue weighted by Crippen LogP contribution is -2.14. The highest BCUT2D eigenvalue weighted by molar-refractivity contribution is 5.98. The molecule has 170 valence electrons. The van der Waals surface area contributed by atoms with Crippen molar-refractivity contribution in [3.8, 4) is 11.4 Å². The maximum atomic E-state index is 13.0. The lowest BCUT2D eigenvalue weighted by Gasteiger charge is -2.09. The van der Waals surface area contributed by atoms with Gasteiger partial charge in [-0.25, -0.2) is 15.0 Å². The van der Waals surface area contributed by atoms with E-state index in [1.165, 1.54) is 0 Å². The number of hydrogen-bond acceptors (Lipinski definition) is 5. The number of rotatable bonds is 7. The summed E-state index contributed by atoms with van der Waals surface area (Å²) in [5.41, 5.74) is 6.45. The predicted molar refractivity (Wildman–Crippen MR) is 133 cm³/mol. The number of aryl methyl sites for hydroxylation is 4. The number of aromatic nitrogens is 3. The van der Waals surface area contributed by atoms with Crippen LogP contribution in [-0.2, 0) is 12.8 Å². The molecule has 5 nitrogen and oxygen atoms in total. The van der Waals surface area contributed by atoms with Crippen LogP contribution in [-0.4, -0.2) is 26.5 Å². The predicted octanol–water partition coefficient (Wildman–Crippen LogP) is 5.62. The summed E-state index contributed by atoms with van der Waals surface area (Å²) < 4.78 is 0. The van der Waals surface area contributed by atoms with Gasteiger partial charge in [0.1, 0.15) is 11.6 Å². The first kappa shape index (κ1) is 23.2. The molecule has 5 heteroatoms. The molecule has 1 heterocycles. The molecule has 0 radical (unpaired) electrons. The van der Waals surface area contributed by atoms with E-state index in [-0.39, 0.29) is 24.4 Å². The van der Waals surface area contributed by atoms with Crippen LogP contribution in [0.4, 0.5) is 0 Å². The van der Waals surface area contributed by atoms with Crippen molar-refractivity contribution in [2.75, 3.05) is 0 Å². The minimum atomic E-state index is -0.0697. The van der Waals surface area contributed by atoms with E-state index in [9.17, 15) is 9.59 Å². The third kappa shape index (κ3) is 5.31. The van der Waals surface area contributed by atoms with Crippen LogP contribution in [0, 0.1) is 27.7 Å². The van der Waals surface area contributed by atoms with Crippen molar-refractivity contribution < 1.29 is 9.59 Å². The van der Waals surface area contributed by atoms with E-state index < -0.39 is 0 Å². The normalized spacial score (nSPS) is 10.8. The molecule has 0 saturated carbocycles. The Morgan fingerprint density at radius 1 is 0.588 bits per heavy atom. The zero-order chi connectivity index (χ0) is 24.2. The summed E-state index contributed by atoms with van der Waals surface area (Å²) in [7, 11) is 0. The summed E-state index contributed by atoms with van der Waals surface area (Å²) in [5.74, 6) is 1.04. The number of hydrogen-bond donors (Lipinski definition) is 0. The molecule has 1 aromatic heterocycles. The smallest absolute Gasteiger partial charge is 0.170 e. The Morgan fingerprint density at radius 3 is 1.50 bits per heavy atom. The van der Waals surface area contributed by atoms with Gasteiger partial charge in [0, 0.05) is 16.7 Å². The van der Waals surface area contributed by atoms with Crippen LogP contribution in [0.1, 0.15) is 54.6 Å². The molecule has 4 aromatic rings. The lowest BCUT2D eigenvalue weighted by atomic mass is 10.0. The van der Waals surface area contributed by atoms with Crippen LogP contribution in [0.15, 0.2) is 66.7 Å². The molecule has 34 heavy (non-hydrogen) atoms. The van der Waals surface area contributed by atoms with Crippen LogP contribution < -0.4 is 0 Å². The van der Waals surface area contributed by atoms with Gasteiger partial charge in [0.05, 0.1) is 12.8 Å². The molecule has 4 rings (SSSR count). The second-order valence-corrected chi connectivity index (χ2v) is 8.66. The average Bonchev–Trinajstić information content (AvgIpc) is 2.83.